The second-order valence-electron chi connectivity index (χ2n) is 4.67. The predicted molar refractivity (Wildman–Crippen MR) is 72.7 cm³/mol. The van der Waals surface area contributed by atoms with Gasteiger partial charge >= 0.3 is 12.0 Å². The fraction of sp³-hybridized carbons (Fsp3) is 0.286. The molecule has 0 saturated heterocycles. The number of urea groups is 1. The molecule has 1 aromatic rings. The third-order valence-electron chi connectivity index (χ3n) is 3.01. The second-order valence-corrected chi connectivity index (χ2v) is 4.67. The molecule has 5 heteroatoms. The molecule has 2 rings (SSSR count). The highest BCUT2D eigenvalue weighted by Gasteiger charge is 2.25. The van der Waals surface area contributed by atoms with Crippen LogP contribution in [0.4, 0.5) is 10.5 Å². The van der Waals surface area contributed by atoms with Crippen LogP contribution in [0.2, 0.25) is 0 Å². The first-order valence-electron chi connectivity index (χ1n) is 6.05. The summed E-state index contributed by atoms with van der Waals surface area (Å²) in [5.41, 5.74) is 2.81. The molecule has 1 heterocycles. The van der Waals surface area contributed by atoms with Gasteiger partial charge in [-0.2, -0.15) is 0 Å². The SMILES string of the molecule is C=C(C)CNC(=O)N1CCc2cc(C(=O)O)ccc21. The fourth-order valence-corrected chi connectivity index (χ4v) is 2.07. The Balaban J connectivity index is 2.16. The number of nitrogens with one attached hydrogen (secondary N) is 1. The molecule has 0 saturated carbocycles. The largest absolute Gasteiger partial charge is 0.478 e. The summed E-state index contributed by atoms with van der Waals surface area (Å²) in [4.78, 5) is 24.5. The van der Waals surface area contributed by atoms with E-state index in [0.29, 0.717) is 19.5 Å². The maximum Gasteiger partial charge on any atom is 0.335 e. The van der Waals surface area contributed by atoms with Gasteiger partial charge in [-0.3, -0.25) is 4.90 Å². The van der Waals surface area contributed by atoms with Crippen LogP contribution in [0, 0.1) is 0 Å². The van der Waals surface area contributed by atoms with Crippen molar-refractivity contribution in [3.05, 3.63) is 41.5 Å². The summed E-state index contributed by atoms with van der Waals surface area (Å²) in [6.07, 6.45) is 0.678. The van der Waals surface area contributed by atoms with E-state index in [0.717, 1.165) is 16.8 Å². The highest BCUT2D eigenvalue weighted by molar-refractivity contribution is 5.96. The predicted octanol–water partition coefficient (Wildman–Crippen LogP) is 2.03. The molecule has 0 aliphatic carbocycles. The Bertz CT molecular complexity index is 552. The van der Waals surface area contributed by atoms with Crippen LogP contribution in [0.15, 0.2) is 30.4 Å². The van der Waals surface area contributed by atoms with Crippen molar-refractivity contribution in [1.29, 1.82) is 0 Å². The standard InChI is InChI=1S/C14H16N2O3/c1-9(2)8-15-14(19)16-6-5-10-7-11(13(17)18)3-4-12(10)16/h3-4,7H,1,5-6,8H2,2H3,(H,15,19)(H,17,18). The third kappa shape index (κ3) is 2.76. The van der Waals surface area contributed by atoms with Crippen molar-refractivity contribution in [2.75, 3.05) is 18.0 Å². The summed E-state index contributed by atoms with van der Waals surface area (Å²) >= 11 is 0. The minimum Gasteiger partial charge on any atom is -0.478 e. The van der Waals surface area contributed by atoms with Gasteiger partial charge < -0.3 is 10.4 Å². The van der Waals surface area contributed by atoms with E-state index in [-0.39, 0.29) is 11.6 Å². The average Bonchev–Trinajstić information content (AvgIpc) is 2.78. The quantitative estimate of drug-likeness (QED) is 0.817. The van der Waals surface area contributed by atoms with Crippen LogP contribution in [-0.2, 0) is 6.42 Å². The number of anilines is 1. The highest BCUT2D eigenvalue weighted by atomic mass is 16.4. The molecule has 0 atom stereocenters. The van der Waals surface area contributed by atoms with E-state index in [2.05, 4.69) is 11.9 Å². The average molecular weight is 260 g/mol. The van der Waals surface area contributed by atoms with Crippen molar-refractivity contribution in [1.82, 2.24) is 5.32 Å². The van der Waals surface area contributed by atoms with E-state index in [1.165, 1.54) is 6.07 Å². The maximum absolute atomic E-state index is 12.0. The lowest BCUT2D eigenvalue weighted by atomic mass is 10.1. The van der Waals surface area contributed by atoms with E-state index >= 15 is 0 Å². The molecular formula is C14H16N2O3. The topological polar surface area (TPSA) is 69.6 Å². The van der Waals surface area contributed by atoms with Crippen LogP contribution in [0.5, 0.6) is 0 Å². The molecule has 19 heavy (non-hydrogen) atoms. The van der Waals surface area contributed by atoms with Crippen LogP contribution in [-0.4, -0.2) is 30.2 Å². The summed E-state index contributed by atoms with van der Waals surface area (Å²) in [5, 5.41) is 11.7. The first kappa shape index (κ1) is 13.1. The Labute approximate surface area is 111 Å². The molecule has 2 N–H and O–H groups in total. The Hall–Kier alpha value is -2.30. The van der Waals surface area contributed by atoms with Gasteiger partial charge in [0, 0.05) is 18.8 Å². The van der Waals surface area contributed by atoms with Crippen LogP contribution in [0.3, 0.4) is 0 Å². The lowest BCUT2D eigenvalue weighted by Crippen LogP contribution is -2.39. The van der Waals surface area contributed by atoms with Gasteiger partial charge in [0.25, 0.3) is 0 Å². The van der Waals surface area contributed by atoms with Gasteiger partial charge in [-0.05, 0) is 37.1 Å². The minimum absolute atomic E-state index is 0.176. The van der Waals surface area contributed by atoms with Gasteiger partial charge in [0.1, 0.15) is 0 Å². The number of carboxylic acid groups (broad SMARTS) is 1. The minimum atomic E-state index is -0.951. The fourth-order valence-electron chi connectivity index (χ4n) is 2.07. The van der Waals surface area contributed by atoms with Crippen molar-refractivity contribution in [2.24, 2.45) is 0 Å². The number of hydrogen-bond donors (Lipinski definition) is 2. The number of carboxylic acids is 1. The number of carbonyl (C=O) groups excluding carboxylic acids is 1. The van der Waals surface area contributed by atoms with Crippen LogP contribution in [0.25, 0.3) is 0 Å². The molecule has 1 aromatic carbocycles. The molecule has 100 valence electrons. The second kappa shape index (κ2) is 5.14. The molecule has 0 spiro atoms. The zero-order valence-corrected chi connectivity index (χ0v) is 10.8. The van der Waals surface area contributed by atoms with Crippen LogP contribution >= 0.6 is 0 Å². The smallest absolute Gasteiger partial charge is 0.335 e. The van der Waals surface area contributed by atoms with E-state index in [1.54, 1.807) is 17.0 Å². The highest BCUT2D eigenvalue weighted by Crippen LogP contribution is 2.28. The third-order valence-corrected chi connectivity index (χ3v) is 3.01. The first-order valence-corrected chi connectivity index (χ1v) is 6.05. The number of amides is 2. The molecule has 0 radical (unpaired) electrons. The van der Waals surface area contributed by atoms with Gasteiger partial charge in [0.2, 0.25) is 0 Å². The number of hydrogen-bond acceptors (Lipinski definition) is 2. The Morgan fingerprint density at radius 1 is 1.47 bits per heavy atom. The van der Waals surface area contributed by atoms with Crippen molar-refractivity contribution < 1.29 is 14.7 Å². The molecule has 0 aromatic heterocycles. The van der Waals surface area contributed by atoms with Crippen molar-refractivity contribution in [3.63, 3.8) is 0 Å². The van der Waals surface area contributed by atoms with Crippen molar-refractivity contribution in [2.45, 2.75) is 13.3 Å². The van der Waals surface area contributed by atoms with E-state index < -0.39 is 5.97 Å². The lowest BCUT2D eigenvalue weighted by molar-refractivity contribution is 0.0697. The van der Waals surface area contributed by atoms with Crippen LogP contribution in [0.1, 0.15) is 22.8 Å². The summed E-state index contributed by atoms with van der Waals surface area (Å²) in [5.74, 6) is -0.951. The van der Waals surface area contributed by atoms with Gasteiger partial charge in [-0.1, -0.05) is 12.2 Å². The molecule has 2 amide bonds. The summed E-state index contributed by atoms with van der Waals surface area (Å²) in [6.45, 7) is 6.59. The summed E-state index contributed by atoms with van der Waals surface area (Å²) < 4.78 is 0. The number of nitrogens with zero attached hydrogens (tertiary/aromatic N) is 1. The molecule has 0 fully saturated rings. The number of carbonyl (C=O) groups is 2. The first-order chi connectivity index (χ1) is 8.99. The zero-order valence-electron chi connectivity index (χ0n) is 10.8. The van der Waals surface area contributed by atoms with Gasteiger partial charge in [0.15, 0.2) is 0 Å². The van der Waals surface area contributed by atoms with Gasteiger partial charge in [-0.25, -0.2) is 9.59 Å². The number of benzene rings is 1. The normalized spacial score (nSPS) is 13.0. The summed E-state index contributed by atoms with van der Waals surface area (Å²) in [7, 11) is 0. The van der Waals surface area contributed by atoms with E-state index in [4.69, 9.17) is 5.11 Å². The Kier molecular flexibility index (Phi) is 3.55. The van der Waals surface area contributed by atoms with Crippen LogP contribution < -0.4 is 10.2 Å². The molecule has 1 aliphatic heterocycles. The van der Waals surface area contributed by atoms with Crippen molar-refractivity contribution in [3.8, 4) is 0 Å². The van der Waals surface area contributed by atoms with Gasteiger partial charge in [0.05, 0.1) is 5.56 Å². The molecule has 0 unspecified atom stereocenters. The lowest BCUT2D eigenvalue weighted by Gasteiger charge is -2.18. The van der Waals surface area contributed by atoms with E-state index in [9.17, 15) is 9.59 Å². The van der Waals surface area contributed by atoms with Crippen molar-refractivity contribution >= 4 is 17.7 Å². The number of fused-ring (bicyclic) bond motifs is 1. The number of aromatic carboxylic acids is 1. The monoisotopic (exact) mass is 260 g/mol. The van der Waals surface area contributed by atoms with E-state index in [1.807, 2.05) is 6.92 Å². The molecule has 0 bridgehead atoms. The Morgan fingerprint density at radius 2 is 2.21 bits per heavy atom. The zero-order chi connectivity index (χ0) is 14.0. The van der Waals surface area contributed by atoms with Gasteiger partial charge in [-0.15, -0.1) is 0 Å². The number of rotatable bonds is 3. The molecule has 5 nitrogen and oxygen atoms in total. The Morgan fingerprint density at radius 3 is 2.84 bits per heavy atom. The molecular weight excluding hydrogens is 244 g/mol. The maximum atomic E-state index is 12.0. The molecule has 1 aliphatic rings. The summed E-state index contributed by atoms with van der Waals surface area (Å²) in [6, 6.07) is 4.66.